The molecule has 2 fully saturated rings. The third-order valence-electron chi connectivity index (χ3n) is 9.17. The molecule has 3 aromatic rings. The SMILES string of the molecule is CC(C)[C@H](C(=O)O)N(C)C1CC(CN2CCC(c3cnc(Cc4ccc(Cl)cc4)s3)CC2)C(c2cccc(F)c2)C1. The van der Waals surface area contributed by atoms with Crippen LogP contribution < -0.4 is 0 Å². The van der Waals surface area contributed by atoms with Crippen LogP contribution in [0.1, 0.15) is 72.4 Å². The second-order valence-corrected chi connectivity index (χ2v) is 13.9. The Labute approximate surface area is 252 Å². The van der Waals surface area contributed by atoms with Crippen LogP contribution in [0.2, 0.25) is 5.02 Å². The number of likely N-dealkylation sites (N-methyl/N-ethyl adjacent to an activating group) is 1. The lowest BCUT2D eigenvalue weighted by Gasteiger charge is -2.35. The minimum absolute atomic E-state index is 0.0154. The van der Waals surface area contributed by atoms with Crippen LogP contribution >= 0.6 is 22.9 Å². The van der Waals surface area contributed by atoms with Crippen molar-refractivity contribution in [2.24, 2.45) is 11.8 Å². The molecule has 3 unspecified atom stereocenters. The average molecular weight is 598 g/mol. The van der Waals surface area contributed by atoms with Crippen LogP contribution in [0.15, 0.2) is 54.7 Å². The minimum atomic E-state index is -0.769. The number of nitrogens with zero attached hydrogens (tertiary/aromatic N) is 3. The summed E-state index contributed by atoms with van der Waals surface area (Å²) >= 11 is 7.86. The monoisotopic (exact) mass is 597 g/mol. The third-order valence-corrected chi connectivity index (χ3v) is 10.6. The molecule has 5 rings (SSSR count). The molecule has 0 bridgehead atoms. The third kappa shape index (κ3) is 7.37. The van der Waals surface area contributed by atoms with Gasteiger partial charge >= 0.3 is 5.97 Å². The molecule has 5 nitrogen and oxygen atoms in total. The van der Waals surface area contributed by atoms with E-state index < -0.39 is 12.0 Å². The van der Waals surface area contributed by atoms with Crippen LogP contribution in [0.25, 0.3) is 0 Å². The molecule has 0 spiro atoms. The van der Waals surface area contributed by atoms with E-state index in [0.717, 1.165) is 67.3 Å². The molecule has 4 atom stereocenters. The first-order valence-electron chi connectivity index (χ1n) is 14.8. The van der Waals surface area contributed by atoms with E-state index in [2.05, 4.69) is 28.1 Å². The molecular weight excluding hydrogens is 557 g/mol. The number of hydrogen-bond acceptors (Lipinski definition) is 5. The van der Waals surface area contributed by atoms with Crippen LogP contribution in [-0.2, 0) is 11.2 Å². The van der Waals surface area contributed by atoms with Gasteiger partial charge in [-0.3, -0.25) is 9.69 Å². The van der Waals surface area contributed by atoms with Crippen molar-refractivity contribution >= 4 is 28.9 Å². The predicted molar refractivity (Wildman–Crippen MR) is 164 cm³/mol. The number of carboxylic acid groups (broad SMARTS) is 1. The van der Waals surface area contributed by atoms with Crippen molar-refractivity contribution in [3.05, 3.63) is 86.6 Å². The fraction of sp³-hybridized carbons (Fsp3) is 0.515. The normalized spacial score (nSPS) is 23.0. The Kier molecular flexibility index (Phi) is 9.80. The van der Waals surface area contributed by atoms with Gasteiger partial charge in [-0.2, -0.15) is 0 Å². The van der Waals surface area contributed by atoms with E-state index in [-0.39, 0.29) is 23.7 Å². The molecule has 0 radical (unpaired) electrons. The van der Waals surface area contributed by atoms with Crippen LogP contribution in [0.4, 0.5) is 4.39 Å². The maximum Gasteiger partial charge on any atom is 0.321 e. The van der Waals surface area contributed by atoms with Gasteiger partial charge in [0, 0.05) is 35.1 Å². The number of benzene rings is 2. The molecule has 1 aliphatic carbocycles. The van der Waals surface area contributed by atoms with Crippen molar-refractivity contribution in [3.63, 3.8) is 0 Å². The molecule has 220 valence electrons. The zero-order valence-corrected chi connectivity index (χ0v) is 25.8. The van der Waals surface area contributed by atoms with Gasteiger partial charge in [0.25, 0.3) is 0 Å². The average Bonchev–Trinajstić information content (AvgIpc) is 3.57. The summed E-state index contributed by atoms with van der Waals surface area (Å²) in [5.41, 5.74) is 2.26. The van der Waals surface area contributed by atoms with E-state index in [0.29, 0.717) is 11.8 Å². The maximum atomic E-state index is 14.2. The standard InChI is InChI=1S/C33H41ClFN3O2S/c1-21(2)32(33(39)40)37(3)28-17-25(29(18-28)24-5-4-6-27(35)16-24)20-38-13-11-23(12-14-38)30-19-36-31(41-30)15-22-7-9-26(34)10-8-22/h4-10,16,19,21,23,25,28-29,32H,11-15,17-18,20H2,1-3H3,(H,39,40)/t25?,28?,29?,32-/m1/s1. The van der Waals surface area contributed by atoms with Crippen molar-refractivity contribution in [3.8, 4) is 0 Å². The molecule has 41 heavy (non-hydrogen) atoms. The lowest BCUT2D eigenvalue weighted by Crippen LogP contribution is -2.47. The van der Waals surface area contributed by atoms with E-state index in [1.54, 1.807) is 12.1 Å². The molecule has 2 aromatic carbocycles. The summed E-state index contributed by atoms with van der Waals surface area (Å²) in [6.45, 7) is 6.97. The highest BCUT2D eigenvalue weighted by atomic mass is 35.5. The van der Waals surface area contributed by atoms with Gasteiger partial charge in [-0.15, -0.1) is 11.3 Å². The van der Waals surface area contributed by atoms with Gasteiger partial charge in [-0.25, -0.2) is 9.37 Å². The lowest BCUT2D eigenvalue weighted by atomic mass is 9.87. The number of aromatic nitrogens is 1. The van der Waals surface area contributed by atoms with Crippen molar-refractivity contribution in [2.45, 2.75) is 69.9 Å². The van der Waals surface area contributed by atoms with Crippen LogP contribution in [-0.4, -0.2) is 64.6 Å². The molecule has 1 saturated heterocycles. The predicted octanol–water partition coefficient (Wildman–Crippen LogP) is 7.31. The molecule has 0 amide bonds. The Morgan fingerprint density at radius 3 is 2.56 bits per heavy atom. The first-order valence-corrected chi connectivity index (χ1v) is 16.0. The maximum absolute atomic E-state index is 14.2. The van der Waals surface area contributed by atoms with Gasteiger partial charge < -0.3 is 10.0 Å². The molecule has 2 heterocycles. The highest BCUT2D eigenvalue weighted by Crippen LogP contribution is 2.44. The summed E-state index contributed by atoms with van der Waals surface area (Å²) in [6.07, 6.45) is 6.90. The number of piperidine rings is 1. The second-order valence-electron chi connectivity index (χ2n) is 12.3. The summed E-state index contributed by atoms with van der Waals surface area (Å²) < 4.78 is 14.2. The number of rotatable bonds is 10. The van der Waals surface area contributed by atoms with E-state index in [9.17, 15) is 14.3 Å². The van der Waals surface area contributed by atoms with E-state index in [4.69, 9.17) is 16.6 Å². The van der Waals surface area contributed by atoms with Gasteiger partial charge in [0.1, 0.15) is 11.9 Å². The molecule has 1 saturated carbocycles. The zero-order valence-electron chi connectivity index (χ0n) is 24.2. The summed E-state index contributed by atoms with van der Waals surface area (Å²) in [7, 11) is 1.95. The number of likely N-dealkylation sites (tertiary alicyclic amines) is 1. The Bertz CT molecular complexity index is 1310. The number of hydrogen-bond donors (Lipinski definition) is 1. The number of thiazole rings is 1. The highest BCUT2D eigenvalue weighted by molar-refractivity contribution is 7.11. The number of carbonyl (C=O) groups is 1. The van der Waals surface area contributed by atoms with Crippen LogP contribution in [0.5, 0.6) is 0 Å². The van der Waals surface area contributed by atoms with Gasteiger partial charge in [0.15, 0.2) is 0 Å². The van der Waals surface area contributed by atoms with Gasteiger partial charge in [0.2, 0.25) is 0 Å². The fourth-order valence-electron chi connectivity index (χ4n) is 7.04. The first kappa shape index (κ1) is 30.1. The van der Waals surface area contributed by atoms with Crippen molar-refractivity contribution < 1.29 is 14.3 Å². The summed E-state index contributed by atoms with van der Waals surface area (Å²) in [5.74, 6) is 0.151. The molecule has 1 aliphatic heterocycles. The summed E-state index contributed by atoms with van der Waals surface area (Å²) in [4.78, 5) is 22.8. The summed E-state index contributed by atoms with van der Waals surface area (Å²) in [5, 5.41) is 11.8. The topological polar surface area (TPSA) is 56.7 Å². The van der Waals surface area contributed by atoms with Crippen LogP contribution in [0, 0.1) is 17.7 Å². The van der Waals surface area contributed by atoms with E-state index >= 15 is 0 Å². The Balaban J connectivity index is 1.22. The first-order chi connectivity index (χ1) is 19.7. The number of halogens is 2. The van der Waals surface area contributed by atoms with Crippen molar-refractivity contribution in [1.82, 2.24) is 14.8 Å². The molecular formula is C33H41ClFN3O2S. The van der Waals surface area contributed by atoms with E-state index in [1.165, 1.54) is 16.5 Å². The van der Waals surface area contributed by atoms with Gasteiger partial charge in [-0.1, -0.05) is 49.7 Å². The van der Waals surface area contributed by atoms with Crippen molar-refractivity contribution in [1.29, 1.82) is 0 Å². The van der Waals surface area contributed by atoms with E-state index in [1.807, 2.05) is 50.4 Å². The minimum Gasteiger partial charge on any atom is -0.480 e. The number of carboxylic acids is 1. The largest absolute Gasteiger partial charge is 0.480 e. The van der Waals surface area contributed by atoms with Crippen LogP contribution in [0.3, 0.4) is 0 Å². The fourth-order valence-corrected chi connectivity index (χ4v) is 8.29. The summed E-state index contributed by atoms with van der Waals surface area (Å²) in [6, 6.07) is 14.6. The highest BCUT2D eigenvalue weighted by Gasteiger charge is 2.41. The van der Waals surface area contributed by atoms with Gasteiger partial charge in [0.05, 0.1) is 5.01 Å². The zero-order chi connectivity index (χ0) is 29.1. The van der Waals surface area contributed by atoms with Crippen molar-refractivity contribution in [2.75, 3.05) is 26.7 Å². The smallest absolute Gasteiger partial charge is 0.321 e. The number of aliphatic carboxylic acids is 1. The Morgan fingerprint density at radius 1 is 1.17 bits per heavy atom. The molecule has 2 aliphatic rings. The second kappa shape index (κ2) is 13.3. The Morgan fingerprint density at radius 2 is 1.90 bits per heavy atom. The quantitative estimate of drug-likeness (QED) is 0.266. The lowest BCUT2D eigenvalue weighted by molar-refractivity contribution is -0.145. The molecule has 1 aromatic heterocycles. The molecule has 1 N–H and O–H groups in total. The molecule has 8 heteroatoms. The van der Waals surface area contributed by atoms with Gasteiger partial charge in [-0.05, 0) is 105 Å². The Hall–Kier alpha value is -2.32.